The molecule has 1 aromatic rings. The topological polar surface area (TPSA) is 38.5 Å². The normalized spacial score (nSPS) is 10.6. The summed E-state index contributed by atoms with van der Waals surface area (Å²) < 4.78 is 18.3. The van der Waals surface area contributed by atoms with Gasteiger partial charge in [0.25, 0.3) is 0 Å². The third-order valence-electron chi connectivity index (χ3n) is 2.41. The molecular formula is C12H17FN2OS. The van der Waals surface area contributed by atoms with Crippen molar-refractivity contribution in [2.24, 2.45) is 5.73 Å². The van der Waals surface area contributed by atoms with Gasteiger partial charge in [-0.2, -0.15) is 0 Å². The highest BCUT2D eigenvalue weighted by molar-refractivity contribution is 7.80. The zero-order valence-electron chi connectivity index (χ0n) is 10.1. The van der Waals surface area contributed by atoms with Gasteiger partial charge in [0.2, 0.25) is 0 Å². The van der Waals surface area contributed by atoms with Crippen LogP contribution in [0.4, 0.5) is 4.39 Å². The Hall–Kier alpha value is -1.20. The van der Waals surface area contributed by atoms with Crippen LogP contribution in [0.1, 0.15) is 12.0 Å². The van der Waals surface area contributed by atoms with Gasteiger partial charge in [0.1, 0.15) is 0 Å². The van der Waals surface area contributed by atoms with Crippen LogP contribution in [0.15, 0.2) is 18.2 Å². The largest absolute Gasteiger partial charge is 0.494 e. The van der Waals surface area contributed by atoms with E-state index in [4.69, 9.17) is 22.7 Å². The smallest absolute Gasteiger partial charge is 0.165 e. The summed E-state index contributed by atoms with van der Waals surface area (Å²) in [6.07, 6.45) is 0.671. The van der Waals surface area contributed by atoms with Crippen LogP contribution in [0.5, 0.6) is 5.75 Å². The summed E-state index contributed by atoms with van der Waals surface area (Å²) >= 11 is 4.81. The van der Waals surface area contributed by atoms with E-state index in [1.807, 2.05) is 18.0 Å². The lowest BCUT2D eigenvalue weighted by Crippen LogP contribution is -2.23. The Morgan fingerprint density at radius 2 is 2.24 bits per heavy atom. The van der Waals surface area contributed by atoms with E-state index in [2.05, 4.69) is 0 Å². The molecule has 0 radical (unpaired) electrons. The molecule has 0 spiro atoms. The third kappa shape index (κ3) is 4.66. The summed E-state index contributed by atoms with van der Waals surface area (Å²) in [5.74, 6) is -0.0766. The highest BCUT2D eigenvalue weighted by Crippen LogP contribution is 2.18. The molecular weight excluding hydrogens is 239 g/mol. The maximum atomic E-state index is 13.4. The Balaban J connectivity index is 2.56. The minimum absolute atomic E-state index is 0.263. The van der Waals surface area contributed by atoms with E-state index in [-0.39, 0.29) is 11.6 Å². The number of thiocarbonyl (C=S) groups is 1. The van der Waals surface area contributed by atoms with Crippen LogP contribution < -0.4 is 10.5 Å². The first-order chi connectivity index (χ1) is 8.02. The van der Waals surface area contributed by atoms with Crippen LogP contribution in [-0.2, 0) is 6.54 Å². The Kier molecular flexibility index (Phi) is 5.31. The SMILES string of the molecule is COc1ccc(CN(C)CCC(N)=S)cc1F. The summed E-state index contributed by atoms with van der Waals surface area (Å²) in [7, 11) is 3.40. The van der Waals surface area contributed by atoms with Crippen LogP contribution in [0.2, 0.25) is 0 Å². The second-order valence-electron chi connectivity index (χ2n) is 3.92. The van der Waals surface area contributed by atoms with Crippen molar-refractivity contribution in [3.8, 4) is 5.75 Å². The van der Waals surface area contributed by atoms with Crippen molar-refractivity contribution in [2.45, 2.75) is 13.0 Å². The maximum absolute atomic E-state index is 13.4. The molecule has 0 atom stereocenters. The fraction of sp³-hybridized carbons (Fsp3) is 0.417. The average molecular weight is 256 g/mol. The molecule has 0 fully saturated rings. The standard InChI is InChI=1S/C12H17FN2OS/c1-15(6-5-12(14)17)8-9-3-4-11(16-2)10(13)7-9/h3-4,7H,5-6,8H2,1-2H3,(H2,14,17). The monoisotopic (exact) mass is 256 g/mol. The molecule has 0 unspecified atom stereocenters. The van der Waals surface area contributed by atoms with Crippen molar-refractivity contribution in [3.05, 3.63) is 29.6 Å². The molecule has 17 heavy (non-hydrogen) atoms. The Morgan fingerprint density at radius 3 is 2.76 bits per heavy atom. The Morgan fingerprint density at radius 1 is 1.53 bits per heavy atom. The number of hydrogen-bond donors (Lipinski definition) is 1. The minimum Gasteiger partial charge on any atom is -0.494 e. The third-order valence-corrected chi connectivity index (χ3v) is 2.61. The van der Waals surface area contributed by atoms with Gasteiger partial charge >= 0.3 is 0 Å². The predicted molar refractivity (Wildman–Crippen MR) is 70.7 cm³/mol. The van der Waals surface area contributed by atoms with E-state index in [9.17, 15) is 4.39 Å². The van der Waals surface area contributed by atoms with Crippen LogP contribution in [-0.4, -0.2) is 30.6 Å². The van der Waals surface area contributed by atoms with Crippen molar-refractivity contribution in [1.82, 2.24) is 4.90 Å². The fourth-order valence-corrected chi connectivity index (χ4v) is 1.59. The number of hydrogen-bond acceptors (Lipinski definition) is 3. The lowest BCUT2D eigenvalue weighted by molar-refractivity contribution is 0.335. The van der Waals surface area contributed by atoms with Crippen molar-refractivity contribution in [3.63, 3.8) is 0 Å². The molecule has 0 bridgehead atoms. The van der Waals surface area contributed by atoms with Crippen LogP contribution >= 0.6 is 12.2 Å². The lowest BCUT2D eigenvalue weighted by atomic mass is 10.2. The van der Waals surface area contributed by atoms with Crippen molar-refractivity contribution in [2.75, 3.05) is 20.7 Å². The fourth-order valence-electron chi connectivity index (χ4n) is 1.50. The van der Waals surface area contributed by atoms with Gasteiger partial charge in [0.15, 0.2) is 11.6 Å². The number of halogens is 1. The van der Waals surface area contributed by atoms with Gasteiger partial charge in [-0.15, -0.1) is 0 Å². The number of benzene rings is 1. The molecule has 1 aromatic carbocycles. The molecule has 94 valence electrons. The summed E-state index contributed by atoms with van der Waals surface area (Å²) in [5, 5.41) is 0. The number of methoxy groups -OCH3 is 1. The molecule has 3 nitrogen and oxygen atoms in total. The van der Waals surface area contributed by atoms with E-state index in [0.717, 1.165) is 12.1 Å². The van der Waals surface area contributed by atoms with Crippen molar-refractivity contribution < 1.29 is 9.13 Å². The first kappa shape index (κ1) is 13.9. The molecule has 0 aromatic heterocycles. The van der Waals surface area contributed by atoms with E-state index >= 15 is 0 Å². The predicted octanol–water partition coefficient (Wildman–Crippen LogP) is 1.94. The molecule has 0 aliphatic carbocycles. The number of nitrogens with zero attached hydrogens (tertiary/aromatic N) is 1. The number of rotatable bonds is 6. The summed E-state index contributed by atoms with van der Waals surface area (Å²) in [4.78, 5) is 2.54. The van der Waals surface area contributed by atoms with Gasteiger partial charge in [-0.25, -0.2) is 4.39 Å². The molecule has 0 heterocycles. The Labute approximate surface area is 106 Å². The number of ether oxygens (including phenoxy) is 1. The summed E-state index contributed by atoms with van der Waals surface area (Å²) in [5.41, 5.74) is 6.32. The second-order valence-corrected chi connectivity index (χ2v) is 4.45. The summed E-state index contributed by atoms with van der Waals surface area (Å²) in [6.45, 7) is 1.42. The second kappa shape index (κ2) is 6.51. The zero-order valence-corrected chi connectivity index (χ0v) is 10.9. The molecule has 0 saturated heterocycles. The van der Waals surface area contributed by atoms with Gasteiger partial charge in [-0.1, -0.05) is 18.3 Å². The maximum Gasteiger partial charge on any atom is 0.165 e. The molecule has 0 aliphatic heterocycles. The van der Waals surface area contributed by atoms with E-state index < -0.39 is 0 Å². The highest BCUT2D eigenvalue weighted by Gasteiger charge is 2.06. The van der Waals surface area contributed by atoms with Gasteiger partial charge in [0, 0.05) is 19.5 Å². The average Bonchev–Trinajstić information content (AvgIpc) is 2.26. The first-order valence-corrected chi connectivity index (χ1v) is 5.73. The lowest BCUT2D eigenvalue weighted by Gasteiger charge is -2.16. The molecule has 5 heteroatoms. The molecule has 1 rings (SSSR count). The van der Waals surface area contributed by atoms with Crippen molar-refractivity contribution in [1.29, 1.82) is 0 Å². The van der Waals surface area contributed by atoms with Crippen molar-refractivity contribution >= 4 is 17.2 Å². The van der Waals surface area contributed by atoms with Gasteiger partial charge in [-0.3, -0.25) is 0 Å². The van der Waals surface area contributed by atoms with E-state index in [1.54, 1.807) is 6.07 Å². The van der Waals surface area contributed by atoms with E-state index in [1.165, 1.54) is 13.2 Å². The first-order valence-electron chi connectivity index (χ1n) is 5.32. The minimum atomic E-state index is -0.340. The van der Waals surface area contributed by atoms with Crippen LogP contribution in [0.3, 0.4) is 0 Å². The van der Waals surface area contributed by atoms with Gasteiger partial charge in [0.05, 0.1) is 12.1 Å². The van der Waals surface area contributed by atoms with Gasteiger partial charge in [-0.05, 0) is 24.7 Å². The quantitative estimate of drug-likeness (QED) is 0.790. The van der Waals surface area contributed by atoms with Crippen LogP contribution in [0, 0.1) is 5.82 Å². The zero-order chi connectivity index (χ0) is 12.8. The molecule has 2 N–H and O–H groups in total. The molecule has 0 saturated carbocycles. The molecule has 0 amide bonds. The highest BCUT2D eigenvalue weighted by atomic mass is 32.1. The van der Waals surface area contributed by atoms with Crippen LogP contribution in [0.25, 0.3) is 0 Å². The van der Waals surface area contributed by atoms with E-state index in [0.29, 0.717) is 18.0 Å². The Bertz CT molecular complexity index is 398. The van der Waals surface area contributed by atoms with Gasteiger partial charge < -0.3 is 15.4 Å². The number of nitrogens with two attached hydrogens (primary N) is 1. The molecule has 0 aliphatic rings. The summed E-state index contributed by atoms with van der Waals surface area (Å²) in [6, 6.07) is 4.96.